The monoisotopic (exact) mass is 248 g/mol. The lowest BCUT2D eigenvalue weighted by Gasteiger charge is -2.07. The van der Waals surface area contributed by atoms with E-state index in [1.54, 1.807) is 0 Å². The van der Waals surface area contributed by atoms with E-state index in [1.807, 2.05) is 30.3 Å². The highest BCUT2D eigenvalue weighted by atomic mass is 16.1. The van der Waals surface area contributed by atoms with Crippen LogP contribution in [-0.2, 0) is 0 Å². The third-order valence-corrected chi connectivity index (χ3v) is 3.63. The molecule has 0 N–H and O–H groups in total. The van der Waals surface area contributed by atoms with E-state index < -0.39 is 0 Å². The molecule has 0 aromatic heterocycles. The first-order valence-corrected chi connectivity index (χ1v) is 6.52. The van der Waals surface area contributed by atoms with E-state index >= 15 is 0 Å². The molecule has 94 valence electrons. The molecule has 0 bridgehead atoms. The van der Waals surface area contributed by atoms with E-state index in [0.29, 0.717) is 0 Å². The predicted molar refractivity (Wildman–Crippen MR) is 80.2 cm³/mol. The number of aryl methyl sites for hydroxylation is 3. The van der Waals surface area contributed by atoms with Crippen molar-refractivity contribution >= 4 is 0 Å². The number of hydrogen-bond donors (Lipinski definition) is 0. The van der Waals surface area contributed by atoms with Crippen LogP contribution in [0.1, 0.15) is 16.7 Å². The molecule has 3 aromatic rings. The smallest absolute Gasteiger partial charge is 0.195 e. The molecular formula is C18H16O. The summed E-state index contributed by atoms with van der Waals surface area (Å²) in [5.41, 5.74) is 7.75. The van der Waals surface area contributed by atoms with Crippen molar-refractivity contribution in [2.24, 2.45) is 0 Å². The SMILES string of the molecule is Cc1cc(C)c(-c2c(-c3ccccc3)c2=O)c(C)c1. The molecule has 1 nitrogen and oxygen atoms in total. The van der Waals surface area contributed by atoms with Crippen LogP contribution in [0.4, 0.5) is 0 Å². The lowest BCUT2D eigenvalue weighted by atomic mass is 9.97. The van der Waals surface area contributed by atoms with Gasteiger partial charge in [-0.05, 0) is 43.0 Å². The lowest BCUT2D eigenvalue weighted by Crippen LogP contribution is -1.88. The predicted octanol–water partition coefficient (Wildman–Crippen LogP) is 4.18. The van der Waals surface area contributed by atoms with Crippen molar-refractivity contribution in [1.82, 2.24) is 0 Å². The molecule has 0 saturated heterocycles. The van der Waals surface area contributed by atoms with E-state index in [2.05, 4.69) is 32.9 Å². The summed E-state index contributed by atoms with van der Waals surface area (Å²) in [5, 5.41) is 0. The number of hydrogen-bond acceptors (Lipinski definition) is 1. The molecule has 0 amide bonds. The van der Waals surface area contributed by atoms with Crippen molar-refractivity contribution in [2.45, 2.75) is 20.8 Å². The summed E-state index contributed by atoms with van der Waals surface area (Å²) >= 11 is 0. The van der Waals surface area contributed by atoms with Crippen molar-refractivity contribution in [1.29, 1.82) is 0 Å². The summed E-state index contributed by atoms with van der Waals surface area (Å²) in [5.74, 6) is 0. The van der Waals surface area contributed by atoms with Gasteiger partial charge < -0.3 is 0 Å². The molecule has 0 aliphatic carbocycles. The van der Waals surface area contributed by atoms with Crippen LogP contribution < -0.4 is 5.43 Å². The summed E-state index contributed by atoms with van der Waals surface area (Å²) in [6.45, 7) is 6.25. The second-order valence-corrected chi connectivity index (χ2v) is 5.22. The topological polar surface area (TPSA) is 17.1 Å². The average molecular weight is 248 g/mol. The minimum atomic E-state index is 0.196. The molecule has 0 radical (unpaired) electrons. The Balaban J connectivity index is 2.15. The first kappa shape index (κ1) is 11.9. The molecule has 0 saturated carbocycles. The summed E-state index contributed by atoms with van der Waals surface area (Å²) < 4.78 is 0. The van der Waals surface area contributed by atoms with Crippen LogP contribution in [0.25, 0.3) is 22.3 Å². The number of benzene rings is 2. The molecule has 1 heteroatoms. The minimum absolute atomic E-state index is 0.196. The van der Waals surface area contributed by atoms with E-state index in [9.17, 15) is 4.79 Å². The van der Waals surface area contributed by atoms with Gasteiger partial charge in [-0.3, -0.25) is 4.79 Å². The van der Waals surface area contributed by atoms with Gasteiger partial charge in [0.05, 0.1) is 0 Å². The molecule has 0 heterocycles. The average Bonchev–Trinajstić information content (AvgIpc) is 3.00. The zero-order valence-electron chi connectivity index (χ0n) is 11.4. The Kier molecular flexibility index (Phi) is 2.63. The summed E-state index contributed by atoms with van der Waals surface area (Å²) in [7, 11) is 0. The van der Waals surface area contributed by atoms with E-state index in [0.717, 1.165) is 22.3 Å². The van der Waals surface area contributed by atoms with Gasteiger partial charge in [0.25, 0.3) is 0 Å². The fourth-order valence-electron chi connectivity index (χ4n) is 2.86. The van der Waals surface area contributed by atoms with Gasteiger partial charge in [-0.25, -0.2) is 0 Å². The summed E-state index contributed by atoms with van der Waals surface area (Å²) in [6.07, 6.45) is 0. The van der Waals surface area contributed by atoms with Crippen molar-refractivity contribution in [3.05, 3.63) is 69.4 Å². The molecule has 0 atom stereocenters. The Morgan fingerprint density at radius 3 is 1.89 bits per heavy atom. The fraction of sp³-hybridized carbons (Fsp3) is 0.167. The Hall–Kier alpha value is -2.15. The Bertz CT molecular complexity index is 733. The second kappa shape index (κ2) is 4.20. The van der Waals surface area contributed by atoms with Crippen LogP contribution in [0.2, 0.25) is 0 Å². The van der Waals surface area contributed by atoms with Gasteiger partial charge in [-0.1, -0.05) is 48.0 Å². The van der Waals surface area contributed by atoms with Gasteiger partial charge >= 0.3 is 0 Å². The fourth-order valence-corrected chi connectivity index (χ4v) is 2.86. The summed E-state index contributed by atoms with van der Waals surface area (Å²) in [6, 6.07) is 14.2. The molecule has 3 aromatic carbocycles. The normalized spacial score (nSPS) is 11.1. The maximum absolute atomic E-state index is 12.1. The Labute approximate surface area is 113 Å². The third kappa shape index (κ3) is 1.91. The van der Waals surface area contributed by atoms with Gasteiger partial charge in [0.15, 0.2) is 5.43 Å². The first-order chi connectivity index (χ1) is 9.09. The van der Waals surface area contributed by atoms with Gasteiger partial charge in [0.1, 0.15) is 0 Å². The van der Waals surface area contributed by atoms with Crippen LogP contribution in [0, 0.1) is 20.8 Å². The van der Waals surface area contributed by atoms with Gasteiger partial charge in [-0.2, -0.15) is 0 Å². The van der Waals surface area contributed by atoms with Crippen molar-refractivity contribution < 1.29 is 0 Å². The van der Waals surface area contributed by atoms with Crippen LogP contribution in [0.5, 0.6) is 0 Å². The van der Waals surface area contributed by atoms with E-state index in [1.165, 1.54) is 16.7 Å². The Morgan fingerprint density at radius 2 is 1.32 bits per heavy atom. The first-order valence-electron chi connectivity index (χ1n) is 6.52. The quantitative estimate of drug-likeness (QED) is 0.665. The van der Waals surface area contributed by atoms with Crippen LogP contribution >= 0.6 is 0 Å². The van der Waals surface area contributed by atoms with Crippen LogP contribution in [-0.4, -0.2) is 0 Å². The molecule has 3 rings (SSSR count). The molecular weight excluding hydrogens is 232 g/mol. The summed E-state index contributed by atoms with van der Waals surface area (Å²) in [4.78, 5) is 12.1. The van der Waals surface area contributed by atoms with E-state index in [4.69, 9.17) is 0 Å². The minimum Gasteiger partial charge on any atom is -0.289 e. The van der Waals surface area contributed by atoms with Crippen molar-refractivity contribution in [3.63, 3.8) is 0 Å². The molecule has 19 heavy (non-hydrogen) atoms. The lowest BCUT2D eigenvalue weighted by molar-refractivity contribution is 1.33. The highest BCUT2D eigenvalue weighted by molar-refractivity contribution is 5.96. The van der Waals surface area contributed by atoms with Crippen LogP contribution in [0.3, 0.4) is 0 Å². The molecule has 0 aliphatic heterocycles. The van der Waals surface area contributed by atoms with Crippen LogP contribution in [0.15, 0.2) is 47.3 Å². The molecule has 0 fully saturated rings. The molecule has 0 aliphatic rings. The molecule has 0 unspecified atom stereocenters. The highest BCUT2D eigenvalue weighted by Crippen LogP contribution is 2.38. The second-order valence-electron chi connectivity index (χ2n) is 5.22. The Morgan fingerprint density at radius 1 is 0.737 bits per heavy atom. The van der Waals surface area contributed by atoms with E-state index in [-0.39, 0.29) is 5.43 Å². The molecule has 0 spiro atoms. The highest BCUT2D eigenvalue weighted by Gasteiger charge is 2.27. The largest absolute Gasteiger partial charge is 0.289 e. The third-order valence-electron chi connectivity index (χ3n) is 3.63. The van der Waals surface area contributed by atoms with Gasteiger partial charge in [0, 0.05) is 11.1 Å². The number of rotatable bonds is 2. The van der Waals surface area contributed by atoms with Crippen molar-refractivity contribution in [2.75, 3.05) is 0 Å². The standard InChI is InChI=1S/C18H16O/c1-11-9-12(2)15(13(3)10-11)17-16(18(17)19)14-7-5-4-6-8-14/h4-10H,1-3H3. The maximum Gasteiger partial charge on any atom is 0.195 e. The van der Waals surface area contributed by atoms with Crippen molar-refractivity contribution in [3.8, 4) is 22.3 Å². The van der Waals surface area contributed by atoms with Gasteiger partial charge in [-0.15, -0.1) is 0 Å². The maximum atomic E-state index is 12.1. The van der Waals surface area contributed by atoms with Gasteiger partial charge in [0.2, 0.25) is 0 Å². The zero-order valence-corrected chi connectivity index (χ0v) is 11.4. The zero-order chi connectivity index (χ0) is 13.6.